The number of hydrogen-bond donors (Lipinski definition) is 0. The van der Waals surface area contributed by atoms with E-state index >= 15 is 0 Å². The third kappa shape index (κ3) is 2.93. The lowest BCUT2D eigenvalue weighted by Crippen LogP contribution is -2.24. The first-order chi connectivity index (χ1) is 11.8. The first kappa shape index (κ1) is 14.6. The summed E-state index contributed by atoms with van der Waals surface area (Å²) in [5.41, 5.74) is 3.26. The number of rotatable bonds is 4. The van der Waals surface area contributed by atoms with Gasteiger partial charge in [0, 0.05) is 24.3 Å². The molecule has 120 valence electrons. The Kier molecular flexibility index (Phi) is 3.83. The highest BCUT2D eigenvalue weighted by atomic mass is 16.2. The highest BCUT2D eigenvalue weighted by molar-refractivity contribution is 5.95. The minimum absolute atomic E-state index is 0.209. The van der Waals surface area contributed by atoms with Crippen LogP contribution in [-0.2, 0) is 11.2 Å². The molecule has 2 heterocycles. The zero-order valence-corrected chi connectivity index (χ0v) is 13.2. The number of benzene rings is 2. The highest BCUT2D eigenvalue weighted by Crippen LogP contribution is 2.27. The van der Waals surface area contributed by atoms with Gasteiger partial charge in [-0.1, -0.05) is 30.3 Å². The van der Waals surface area contributed by atoms with E-state index in [0.29, 0.717) is 12.3 Å². The molecule has 24 heavy (non-hydrogen) atoms. The van der Waals surface area contributed by atoms with Gasteiger partial charge in [-0.2, -0.15) is 0 Å². The van der Waals surface area contributed by atoms with E-state index in [-0.39, 0.29) is 5.91 Å². The van der Waals surface area contributed by atoms with Crippen LogP contribution in [0.25, 0.3) is 5.69 Å². The molecule has 0 N–H and O–H groups in total. The molecule has 0 unspecified atom stereocenters. The molecule has 0 spiro atoms. The molecular formula is C19H18N4O. The van der Waals surface area contributed by atoms with Crippen molar-refractivity contribution in [1.29, 1.82) is 0 Å². The molecule has 4 rings (SSSR count). The quantitative estimate of drug-likeness (QED) is 0.743. The predicted molar refractivity (Wildman–Crippen MR) is 92.0 cm³/mol. The van der Waals surface area contributed by atoms with E-state index < -0.39 is 0 Å². The van der Waals surface area contributed by atoms with Gasteiger partial charge in [-0.05, 0) is 42.2 Å². The molecule has 1 atom stereocenters. The number of para-hydroxylation sites is 1. The van der Waals surface area contributed by atoms with Gasteiger partial charge in [0.15, 0.2) is 0 Å². The van der Waals surface area contributed by atoms with Crippen LogP contribution in [0.4, 0.5) is 5.69 Å². The lowest BCUT2D eigenvalue weighted by Gasteiger charge is -2.16. The molecule has 0 saturated carbocycles. The van der Waals surface area contributed by atoms with Crippen molar-refractivity contribution in [3.8, 4) is 5.69 Å². The van der Waals surface area contributed by atoms with E-state index in [1.165, 1.54) is 5.56 Å². The molecule has 0 radical (unpaired) electrons. The highest BCUT2D eigenvalue weighted by Gasteiger charge is 2.30. The summed E-state index contributed by atoms with van der Waals surface area (Å²) in [5, 5.41) is 7.69. The van der Waals surface area contributed by atoms with Crippen LogP contribution < -0.4 is 4.90 Å². The topological polar surface area (TPSA) is 51.0 Å². The Balaban J connectivity index is 1.49. The zero-order valence-electron chi connectivity index (χ0n) is 13.2. The SMILES string of the molecule is O=C1C[C@H](Cc2cccc(-n3cnnc3)c2)CN1c1ccccc1. The Morgan fingerprint density at radius 3 is 2.50 bits per heavy atom. The maximum atomic E-state index is 12.3. The molecule has 0 bridgehead atoms. The van der Waals surface area contributed by atoms with Gasteiger partial charge in [0.25, 0.3) is 0 Å². The maximum Gasteiger partial charge on any atom is 0.227 e. The van der Waals surface area contributed by atoms with Gasteiger partial charge in [0.2, 0.25) is 5.91 Å². The fraction of sp³-hybridized carbons (Fsp3) is 0.211. The molecule has 3 aromatic rings. The third-order valence-electron chi connectivity index (χ3n) is 4.42. The fourth-order valence-corrected chi connectivity index (χ4v) is 3.29. The molecule has 1 aliphatic heterocycles. The molecule has 1 fully saturated rings. The van der Waals surface area contributed by atoms with Crippen LogP contribution in [0.5, 0.6) is 0 Å². The van der Waals surface area contributed by atoms with E-state index in [1.54, 1.807) is 12.7 Å². The fourth-order valence-electron chi connectivity index (χ4n) is 3.29. The number of carbonyl (C=O) groups excluding carboxylic acids is 1. The van der Waals surface area contributed by atoms with Gasteiger partial charge in [0.05, 0.1) is 0 Å². The van der Waals surface area contributed by atoms with Crippen molar-refractivity contribution in [2.24, 2.45) is 5.92 Å². The minimum atomic E-state index is 0.209. The van der Waals surface area contributed by atoms with Crippen molar-refractivity contribution in [3.63, 3.8) is 0 Å². The average molecular weight is 318 g/mol. The lowest BCUT2D eigenvalue weighted by atomic mass is 9.98. The van der Waals surface area contributed by atoms with Gasteiger partial charge in [0.1, 0.15) is 12.7 Å². The number of amides is 1. The number of nitrogens with zero attached hydrogens (tertiary/aromatic N) is 4. The average Bonchev–Trinajstić information content (AvgIpc) is 3.26. The second-order valence-corrected chi connectivity index (χ2v) is 6.15. The van der Waals surface area contributed by atoms with E-state index in [4.69, 9.17) is 0 Å². The molecule has 1 saturated heterocycles. The molecule has 5 heteroatoms. The number of hydrogen-bond acceptors (Lipinski definition) is 3. The zero-order chi connectivity index (χ0) is 16.4. The largest absolute Gasteiger partial charge is 0.312 e. The van der Waals surface area contributed by atoms with E-state index in [1.807, 2.05) is 51.9 Å². The van der Waals surface area contributed by atoms with E-state index in [9.17, 15) is 4.79 Å². The van der Waals surface area contributed by atoms with Crippen LogP contribution in [0.3, 0.4) is 0 Å². The number of carbonyl (C=O) groups is 1. The second kappa shape index (κ2) is 6.28. The molecule has 1 aliphatic rings. The first-order valence-electron chi connectivity index (χ1n) is 8.09. The van der Waals surface area contributed by atoms with Crippen LogP contribution in [0.2, 0.25) is 0 Å². The summed E-state index contributed by atoms with van der Waals surface area (Å²) in [6.07, 6.45) is 4.88. The molecular weight excluding hydrogens is 300 g/mol. The van der Waals surface area contributed by atoms with Crippen LogP contribution >= 0.6 is 0 Å². The van der Waals surface area contributed by atoms with E-state index in [2.05, 4.69) is 22.3 Å². The van der Waals surface area contributed by atoms with Gasteiger partial charge in [-0.3, -0.25) is 9.36 Å². The van der Waals surface area contributed by atoms with E-state index in [0.717, 1.165) is 24.3 Å². The summed E-state index contributed by atoms with van der Waals surface area (Å²) in [5.74, 6) is 0.551. The summed E-state index contributed by atoms with van der Waals surface area (Å²) in [4.78, 5) is 14.2. The smallest absolute Gasteiger partial charge is 0.227 e. The van der Waals surface area contributed by atoms with Crippen molar-refractivity contribution in [3.05, 3.63) is 72.8 Å². The first-order valence-corrected chi connectivity index (χ1v) is 8.09. The Morgan fingerprint density at radius 1 is 0.958 bits per heavy atom. The monoisotopic (exact) mass is 318 g/mol. The lowest BCUT2D eigenvalue weighted by molar-refractivity contribution is -0.117. The van der Waals surface area contributed by atoms with Crippen LogP contribution in [0.15, 0.2) is 67.3 Å². The van der Waals surface area contributed by atoms with Crippen LogP contribution in [0, 0.1) is 5.92 Å². The van der Waals surface area contributed by atoms with Crippen molar-refractivity contribution in [1.82, 2.24) is 14.8 Å². The second-order valence-electron chi connectivity index (χ2n) is 6.15. The predicted octanol–water partition coefficient (Wildman–Crippen LogP) is 2.86. The van der Waals surface area contributed by atoms with Gasteiger partial charge in [-0.15, -0.1) is 10.2 Å². The summed E-state index contributed by atoms with van der Waals surface area (Å²) in [6.45, 7) is 0.777. The summed E-state index contributed by atoms with van der Waals surface area (Å²) in [6, 6.07) is 18.2. The summed E-state index contributed by atoms with van der Waals surface area (Å²) < 4.78 is 1.89. The molecule has 0 aliphatic carbocycles. The Labute approximate surface area is 140 Å². The number of anilines is 1. The Bertz CT molecular complexity index is 830. The summed E-state index contributed by atoms with van der Waals surface area (Å²) >= 11 is 0. The number of aromatic nitrogens is 3. The summed E-state index contributed by atoms with van der Waals surface area (Å²) in [7, 11) is 0. The maximum absolute atomic E-state index is 12.3. The van der Waals surface area contributed by atoms with Gasteiger partial charge < -0.3 is 4.90 Å². The standard InChI is InChI=1S/C19H18N4O/c24-19-11-16(12-23(19)17-6-2-1-3-7-17)9-15-5-4-8-18(10-15)22-13-20-21-14-22/h1-8,10,13-14,16H,9,11-12H2/t16-/m0/s1. The minimum Gasteiger partial charge on any atom is -0.312 e. The Morgan fingerprint density at radius 2 is 1.71 bits per heavy atom. The van der Waals surface area contributed by atoms with Crippen molar-refractivity contribution < 1.29 is 4.79 Å². The molecule has 5 nitrogen and oxygen atoms in total. The molecule has 1 aromatic heterocycles. The van der Waals surface area contributed by atoms with Crippen LogP contribution in [0.1, 0.15) is 12.0 Å². The van der Waals surface area contributed by atoms with Gasteiger partial charge in [-0.25, -0.2) is 0 Å². The van der Waals surface area contributed by atoms with Crippen molar-refractivity contribution >= 4 is 11.6 Å². The third-order valence-corrected chi connectivity index (χ3v) is 4.42. The van der Waals surface area contributed by atoms with Crippen molar-refractivity contribution in [2.75, 3.05) is 11.4 Å². The normalized spacial score (nSPS) is 17.4. The van der Waals surface area contributed by atoms with Crippen molar-refractivity contribution in [2.45, 2.75) is 12.8 Å². The van der Waals surface area contributed by atoms with Gasteiger partial charge >= 0.3 is 0 Å². The van der Waals surface area contributed by atoms with Crippen LogP contribution in [-0.4, -0.2) is 27.2 Å². The molecule has 2 aromatic carbocycles. The Hall–Kier alpha value is -2.95. The molecule has 1 amide bonds.